The van der Waals surface area contributed by atoms with Gasteiger partial charge in [0.1, 0.15) is 0 Å². The van der Waals surface area contributed by atoms with Gasteiger partial charge in [0, 0.05) is 31.1 Å². The average molecular weight is 370 g/mol. The lowest BCUT2D eigenvalue weighted by molar-refractivity contribution is -0.130. The van der Waals surface area contributed by atoms with E-state index in [-0.39, 0.29) is 5.91 Å². The zero-order valence-electron chi connectivity index (χ0n) is 16.6. The molecule has 0 atom stereocenters. The lowest BCUT2D eigenvalue weighted by Gasteiger charge is -2.26. The van der Waals surface area contributed by atoms with Crippen molar-refractivity contribution in [1.29, 1.82) is 0 Å². The molecule has 0 saturated heterocycles. The van der Waals surface area contributed by atoms with E-state index >= 15 is 0 Å². The zero-order valence-corrected chi connectivity index (χ0v) is 16.6. The molecule has 3 nitrogen and oxygen atoms in total. The molecule has 0 fully saturated rings. The lowest BCUT2D eigenvalue weighted by Crippen LogP contribution is -2.34. The van der Waals surface area contributed by atoms with E-state index in [4.69, 9.17) is 0 Å². The fraction of sp³-hybridized carbons (Fsp3) is 0.280. The number of pyridine rings is 1. The Morgan fingerprint density at radius 2 is 1.93 bits per heavy atom. The summed E-state index contributed by atoms with van der Waals surface area (Å²) in [5.41, 5.74) is 7.51. The largest absolute Gasteiger partial charge is 0.339 e. The van der Waals surface area contributed by atoms with E-state index in [1.54, 1.807) is 0 Å². The molecular formula is C25H26N2O. The zero-order chi connectivity index (χ0) is 19.5. The highest BCUT2D eigenvalue weighted by Crippen LogP contribution is 2.29. The number of hydrogen-bond donors (Lipinski definition) is 0. The minimum absolute atomic E-state index is 0.250. The number of rotatable bonds is 4. The first-order valence-corrected chi connectivity index (χ1v) is 10.0. The molecule has 28 heavy (non-hydrogen) atoms. The third kappa shape index (κ3) is 3.70. The summed E-state index contributed by atoms with van der Waals surface area (Å²) in [7, 11) is 0. The van der Waals surface area contributed by atoms with E-state index in [1.165, 1.54) is 33.2 Å². The number of benzene rings is 2. The molecule has 0 radical (unpaired) electrons. The molecule has 0 aliphatic carbocycles. The Balaban J connectivity index is 1.50. The number of carbonyl (C=O) groups is 1. The van der Waals surface area contributed by atoms with Crippen molar-refractivity contribution >= 4 is 16.8 Å². The Bertz CT molecular complexity index is 1030. The van der Waals surface area contributed by atoms with Gasteiger partial charge in [-0.15, -0.1) is 0 Å². The predicted molar refractivity (Wildman–Crippen MR) is 115 cm³/mol. The summed E-state index contributed by atoms with van der Waals surface area (Å²) in [5, 5.41) is 1.18. The highest BCUT2D eigenvalue weighted by atomic mass is 16.2. The van der Waals surface area contributed by atoms with Gasteiger partial charge < -0.3 is 4.90 Å². The van der Waals surface area contributed by atoms with E-state index in [0.29, 0.717) is 6.42 Å². The van der Waals surface area contributed by atoms with Crippen LogP contribution in [0.25, 0.3) is 22.0 Å². The number of nitrogens with zero attached hydrogens (tertiary/aromatic N) is 2. The summed E-state index contributed by atoms with van der Waals surface area (Å²) < 4.78 is 0. The standard InChI is InChI=1S/C25H26N2O/c1-3-24(28)27-15-12-20(13-16-27)17-19-6-8-21(9-7-19)23-11-10-22-5-4-14-26-25(22)18(23)2/h4-12,14H,3,13,15-17H2,1-2H3. The Hall–Kier alpha value is -2.94. The van der Waals surface area contributed by atoms with E-state index in [9.17, 15) is 4.79 Å². The first kappa shape index (κ1) is 18.4. The maximum Gasteiger partial charge on any atom is 0.222 e. The van der Waals surface area contributed by atoms with Crippen LogP contribution in [0.1, 0.15) is 30.9 Å². The topological polar surface area (TPSA) is 33.2 Å². The van der Waals surface area contributed by atoms with E-state index in [1.807, 2.05) is 24.1 Å². The minimum Gasteiger partial charge on any atom is -0.339 e. The summed E-state index contributed by atoms with van der Waals surface area (Å²) in [4.78, 5) is 18.3. The van der Waals surface area contributed by atoms with E-state index in [2.05, 4.69) is 60.4 Å². The number of aryl methyl sites for hydroxylation is 1. The van der Waals surface area contributed by atoms with Gasteiger partial charge in [-0.3, -0.25) is 9.78 Å². The number of aromatic nitrogens is 1. The monoisotopic (exact) mass is 370 g/mol. The van der Waals surface area contributed by atoms with Gasteiger partial charge in [0.2, 0.25) is 5.91 Å². The lowest BCUT2D eigenvalue weighted by atomic mass is 9.95. The van der Waals surface area contributed by atoms with Crippen molar-refractivity contribution in [2.75, 3.05) is 13.1 Å². The van der Waals surface area contributed by atoms with Gasteiger partial charge in [0.05, 0.1) is 5.52 Å². The highest BCUT2D eigenvalue weighted by molar-refractivity contribution is 5.88. The smallest absolute Gasteiger partial charge is 0.222 e. The van der Waals surface area contributed by atoms with Crippen LogP contribution in [0, 0.1) is 6.92 Å². The van der Waals surface area contributed by atoms with Crippen LogP contribution in [0.4, 0.5) is 0 Å². The molecule has 4 rings (SSSR count). The number of fused-ring (bicyclic) bond motifs is 1. The molecule has 2 aromatic carbocycles. The van der Waals surface area contributed by atoms with Gasteiger partial charge in [-0.2, -0.15) is 0 Å². The molecule has 1 aliphatic rings. The van der Waals surface area contributed by atoms with Gasteiger partial charge >= 0.3 is 0 Å². The first-order chi connectivity index (χ1) is 13.7. The fourth-order valence-corrected chi connectivity index (χ4v) is 3.99. The number of hydrogen-bond acceptors (Lipinski definition) is 2. The van der Waals surface area contributed by atoms with Gasteiger partial charge in [-0.25, -0.2) is 0 Å². The second-order valence-corrected chi connectivity index (χ2v) is 7.49. The van der Waals surface area contributed by atoms with Crippen molar-refractivity contribution in [2.45, 2.75) is 33.1 Å². The van der Waals surface area contributed by atoms with Crippen LogP contribution in [-0.4, -0.2) is 28.9 Å². The van der Waals surface area contributed by atoms with Crippen LogP contribution in [-0.2, 0) is 11.2 Å². The normalized spacial score (nSPS) is 14.2. The minimum atomic E-state index is 0.250. The van der Waals surface area contributed by atoms with Crippen LogP contribution >= 0.6 is 0 Å². The first-order valence-electron chi connectivity index (χ1n) is 10.0. The molecule has 0 bridgehead atoms. The number of amides is 1. The Morgan fingerprint density at radius 1 is 1.11 bits per heavy atom. The molecule has 1 aliphatic heterocycles. The molecule has 1 amide bonds. The molecule has 0 saturated carbocycles. The van der Waals surface area contributed by atoms with Crippen LogP contribution < -0.4 is 0 Å². The van der Waals surface area contributed by atoms with Crippen LogP contribution in [0.2, 0.25) is 0 Å². The predicted octanol–water partition coefficient (Wildman–Crippen LogP) is 5.32. The van der Waals surface area contributed by atoms with E-state index in [0.717, 1.165) is 31.4 Å². The van der Waals surface area contributed by atoms with Gasteiger partial charge in [-0.05, 0) is 48.1 Å². The molecule has 3 heteroatoms. The Morgan fingerprint density at radius 3 is 2.64 bits per heavy atom. The molecule has 142 valence electrons. The van der Waals surface area contributed by atoms with Gasteiger partial charge in [0.25, 0.3) is 0 Å². The SMILES string of the molecule is CCC(=O)N1CC=C(Cc2ccc(-c3ccc4cccnc4c3C)cc2)CC1. The average Bonchev–Trinajstić information content (AvgIpc) is 2.75. The molecule has 0 unspecified atom stereocenters. The van der Waals surface area contributed by atoms with Gasteiger partial charge in [0.15, 0.2) is 0 Å². The summed E-state index contributed by atoms with van der Waals surface area (Å²) >= 11 is 0. The second kappa shape index (κ2) is 7.97. The van der Waals surface area contributed by atoms with E-state index < -0.39 is 0 Å². The summed E-state index contributed by atoms with van der Waals surface area (Å²) in [6.45, 7) is 5.68. The van der Waals surface area contributed by atoms with Crippen molar-refractivity contribution < 1.29 is 4.79 Å². The molecule has 3 aromatic rings. The van der Waals surface area contributed by atoms with Crippen molar-refractivity contribution in [3.63, 3.8) is 0 Å². The second-order valence-electron chi connectivity index (χ2n) is 7.49. The highest BCUT2D eigenvalue weighted by Gasteiger charge is 2.15. The maximum atomic E-state index is 11.8. The number of carbonyl (C=O) groups excluding carboxylic acids is 1. The maximum absolute atomic E-state index is 11.8. The molecule has 2 heterocycles. The van der Waals surface area contributed by atoms with Crippen molar-refractivity contribution in [1.82, 2.24) is 9.88 Å². The summed E-state index contributed by atoms with van der Waals surface area (Å²) in [6, 6.07) is 17.3. The quantitative estimate of drug-likeness (QED) is 0.582. The molecule has 1 aromatic heterocycles. The molecular weight excluding hydrogens is 344 g/mol. The Labute approximate surface area is 166 Å². The van der Waals surface area contributed by atoms with Crippen LogP contribution in [0.3, 0.4) is 0 Å². The van der Waals surface area contributed by atoms with Crippen molar-refractivity contribution in [3.05, 3.63) is 77.5 Å². The Kier molecular flexibility index (Phi) is 5.25. The third-order valence-corrected chi connectivity index (χ3v) is 5.68. The molecule has 0 N–H and O–H groups in total. The summed E-state index contributed by atoms with van der Waals surface area (Å²) in [5.74, 6) is 0.250. The van der Waals surface area contributed by atoms with Crippen molar-refractivity contribution in [3.8, 4) is 11.1 Å². The third-order valence-electron chi connectivity index (χ3n) is 5.68. The summed E-state index contributed by atoms with van der Waals surface area (Å²) in [6.07, 6.45) is 6.61. The van der Waals surface area contributed by atoms with Gasteiger partial charge in [-0.1, -0.05) is 61.0 Å². The van der Waals surface area contributed by atoms with Crippen molar-refractivity contribution in [2.24, 2.45) is 0 Å². The van der Waals surface area contributed by atoms with Crippen LogP contribution in [0.15, 0.2) is 66.4 Å². The van der Waals surface area contributed by atoms with Crippen LogP contribution in [0.5, 0.6) is 0 Å². The molecule has 0 spiro atoms. The fourth-order valence-electron chi connectivity index (χ4n) is 3.99.